The molecular weight excluding hydrogens is 508 g/mol. The summed E-state index contributed by atoms with van der Waals surface area (Å²) in [6, 6.07) is 17.9. The number of nitrogens with one attached hydrogen (secondary N) is 1. The summed E-state index contributed by atoms with van der Waals surface area (Å²) in [7, 11) is 0. The molecule has 4 aliphatic rings. The van der Waals surface area contributed by atoms with Gasteiger partial charge in [-0.15, -0.1) is 0 Å². The fourth-order valence-corrected chi connectivity index (χ4v) is 7.85. The lowest BCUT2D eigenvalue weighted by atomic mass is 9.95. The van der Waals surface area contributed by atoms with Crippen LogP contribution >= 0.6 is 11.6 Å². The van der Waals surface area contributed by atoms with Crippen LogP contribution in [0.1, 0.15) is 38.5 Å². The highest BCUT2D eigenvalue weighted by atomic mass is 35.5. The van der Waals surface area contributed by atoms with Crippen molar-refractivity contribution in [1.82, 2.24) is 25.2 Å². The summed E-state index contributed by atoms with van der Waals surface area (Å²) in [4.78, 5) is 20.1. The number of nitrogens with zero attached hydrogens (tertiary/aromatic N) is 5. The Morgan fingerprint density at radius 3 is 2.49 bits per heavy atom. The molecule has 4 fully saturated rings. The van der Waals surface area contributed by atoms with Gasteiger partial charge in [-0.1, -0.05) is 41.9 Å². The van der Waals surface area contributed by atoms with Gasteiger partial charge in [0.2, 0.25) is 0 Å². The summed E-state index contributed by atoms with van der Waals surface area (Å²) in [6.07, 6.45) is 7.31. The van der Waals surface area contributed by atoms with Gasteiger partial charge in [-0.25, -0.2) is 4.98 Å². The van der Waals surface area contributed by atoms with E-state index in [9.17, 15) is 0 Å². The summed E-state index contributed by atoms with van der Waals surface area (Å²) >= 11 is 6.67. The topological polar surface area (TPSA) is 66.4 Å². The second-order valence-corrected chi connectivity index (χ2v) is 12.2. The summed E-state index contributed by atoms with van der Waals surface area (Å²) < 4.78 is 6.47. The van der Waals surface area contributed by atoms with Gasteiger partial charge in [0.15, 0.2) is 5.65 Å². The molecule has 0 amide bonds. The third-order valence-corrected chi connectivity index (χ3v) is 9.76. The molecule has 39 heavy (non-hydrogen) atoms. The van der Waals surface area contributed by atoms with E-state index in [0.717, 1.165) is 51.3 Å². The lowest BCUT2D eigenvalue weighted by Gasteiger charge is -2.34. The normalized spacial score (nSPS) is 24.1. The van der Waals surface area contributed by atoms with Gasteiger partial charge >= 0.3 is 6.01 Å². The quantitative estimate of drug-likeness (QED) is 0.361. The molecule has 8 heteroatoms. The Morgan fingerprint density at radius 1 is 0.923 bits per heavy atom. The molecule has 0 saturated carbocycles. The minimum Gasteiger partial charge on any atom is -0.461 e. The molecular formula is C31H33ClN6O. The first-order valence-electron chi connectivity index (χ1n) is 14.4. The molecule has 2 atom stereocenters. The van der Waals surface area contributed by atoms with Crippen molar-refractivity contribution in [3.63, 3.8) is 0 Å². The number of pyridine rings is 1. The number of benzene rings is 2. The Hall–Kier alpha value is -3.00. The van der Waals surface area contributed by atoms with Crippen LogP contribution in [0, 0.1) is 0 Å². The van der Waals surface area contributed by atoms with E-state index in [1.165, 1.54) is 51.6 Å². The zero-order valence-corrected chi connectivity index (χ0v) is 22.8. The molecule has 7 nitrogen and oxygen atoms in total. The average Bonchev–Trinajstić information content (AvgIpc) is 3.64. The van der Waals surface area contributed by atoms with Gasteiger partial charge in [0, 0.05) is 41.1 Å². The monoisotopic (exact) mass is 540 g/mol. The van der Waals surface area contributed by atoms with Crippen molar-refractivity contribution in [2.24, 2.45) is 0 Å². The van der Waals surface area contributed by atoms with Crippen molar-refractivity contribution in [3.05, 3.63) is 53.6 Å². The van der Waals surface area contributed by atoms with Crippen LogP contribution in [0.3, 0.4) is 0 Å². The smallest absolute Gasteiger partial charge is 0.320 e. The molecule has 4 saturated heterocycles. The van der Waals surface area contributed by atoms with Gasteiger partial charge in [0.1, 0.15) is 12.4 Å². The van der Waals surface area contributed by atoms with Crippen LogP contribution in [0.5, 0.6) is 6.01 Å². The van der Waals surface area contributed by atoms with Crippen LogP contribution in [-0.4, -0.2) is 70.3 Å². The van der Waals surface area contributed by atoms with Crippen LogP contribution in [0.4, 0.5) is 5.82 Å². The summed E-state index contributed by atoms with van der Waals surface area (Å²) in [5, 5.41) is 7.56. The zero-order chi connectivity index (χ0) is 26.0. The lowest BCUT2D eigenvalue weighted by molar-refractivity contribution is 0.108. The number of halogens is 1. The Bertz CT molecular complexity index is 1550. The fraction of sp³-hybridized carbons (Fsp3) is 0.452. The molecule has 0 aliphatic carbocycles. The van der Waals surface area contributed by atoms with E-state index in [0.29, 0.717) is 30.3 Å². The van der Waals surface area contributed by atoms with E-state index >= 15 is 0 Å². The number of aromatic nitrogens is 3. The number of ether oxygens (including phenoxy) is 1. The second kappa shape index (κ2) is 9.29. The molecule has 1 N–H and O–H groups in total. The van der Waals surface area contributed by atoms with Crippen LogP contribution in [0.25, 0.3) is 33.1 Å². The minimum atomic E-state index is 0.140. The SMILES string of the molecule is Clc1cccc2cccc(-c3ccc4c(N5CC6CCC(C5)N6)nc(OCC56CCCN5CCC6)nc4n3)c12. The van der Waals surface area contributed by atoms with Crippen molar-refractivity contribution >= 4 is 39.2 Å². The van der Waals surface area contributed by atoms with Crippen LogP contribution < -0.4 is 15.0 Å². The van der Waals surface area contributed by atoms with Crippen molar-refractivity contribution < 1.29 is 4.74 Å². The molecule has 2 aromatic heterocycles. The molecule has 0 radical (unpaired) electrons. The molecule has 6 heterocycles. The van der Waals surface area contributed by atoms with E-state index in [2.05, 4.69) is 51.5 Å². The summed E-state index contributed by atoms with van der Waals surface area (Å²) in [5.41, 5.74) is 2.68. The Balaban J connectivity index is 1.22. The largest absolute Gasteiger partial charge is 0.461 e. The number of rotatable bonds is 5. The standard InChI is InChI=1S/C31H33ClN6O/c32-25-8-2-6-20-5-1-7-23(27(20)25)26-12-11-24-28(34-26)35-30(39-19-31-13-3-15-38(31)16-4-14-31)36-29(24)37-17-21-9-10-22(18-37)33-21/h1-2,5-8,11-12,21-22,33H,3-4,9-10,13-19H2. The van der Waals surface area contributed by atoms with Crippen LogP contribution in [0.15, 0.2) is 48.5 Å². The highest BCUT2D eigenvalue weighted by molar-refractivity contribution is 6.36. The Labute approximate surface area is 233 Å². The molecule has 200 valence electrons. The highest BCUT2D eigenvalue weighted by Crippen LogP contribution is 2.40. The fourth-order valence-electron chi connectivity index (χ4n) is 7.57. The maximum atomic E-state index is 6.67. The van der Waals surface area contributed by atoms with Gasteiger partial charge in [0.25, 0.3) is 0 Å². The predicted octanol–water partition coefficient (Wildman–Crippen LogP) is 5.45. The number of hydrogen-bond donors (Lipinski definition) is 1. The molecule has 2 aromatic carbocycles. The van der Waals surface area contributed by atoms with Gasteiger partial charge in [0.05, 0.1) is 16.6 Å². The zero-order valence-electron chi connectivity index (χ0n) is 22.1. The van der Waals surface area contributed by atoms with E-state index < -0.39 is 0 Å². The third-order valence-electron chi connectivity index (χ3n) is 9.45. The second-order valence-electron chi connectivity index (χ2n) is 11.8. The van der Waals surface area contributed by atoms with Gasteiger partial charge in [-0.3, -0.25) is 4.90 Å². The predicted molar refractivity (Wildman–Crippen MR) is 156 cm³/mol. The summed E-state index contributed by atoms with van der Waals surface area (Å²) in [5.74, 6) is 0.940. The molecule has 2 unspecified atom stereocenters. The molecule has 4 aliphatic heterocycles. The summed E-state index contributed by atoms with van der Waals surface area (Å²) in [6.45, 7) is 4.88. The minimum absolute atomic E-state index is 0.140. The van der Waals surface area contributed by atoms with Crippen LogP contribution in [0.2, 0.25) is 5.02 Å². The average molecular weight is 541 g/mol. The highest BCUT2D eigenvalue weighted by Gasteiger charge is 2.45. The first-order valence-corrected chi connectivity index (χ1v) is 14.8. The molecule has 0 spiro atoms. The molecule has 4 aromatic rings. The van der Waals surface area contributed by atoms with Crippen molar-refractivity contribution in [2.75, 3.05) is 37.7 Å². The van der Waals surface area contributed by atoms with E-state index in [1.807, 2.05) is 12.1 Å². The third kappa shape index (κ3) is 4.05. The van der Waals surface area contributed by atoms with E-state index in [1.54, 1.807) is 0 Å². The van der Waals surface area contributed by atoms with Gasteiger partial charge < -0.3 is 15.0 Å². The number of anilines is 1. The van der Waals surface area contributed by atoms with E-state index in [-0.39, 0.29) is 5.54 Å². The first-order chi connectivity index (χ1) is 19.1. The van der Waals surface area contributed by atoms with Crippen molar-refractivity contribution in [1.29, 1.82) is 0 Å². The number of piperazine rings is 1. The maximum absolute atomic E-state index is 6.67. The number of fused-ring (bicyclic) bond motifs is 5. The van der Waals surface area contributed by atoms with Crippen molar-refractivity contribution in [2.45, 2.75) is 56.1 Å². The van der Waals surface area contributed by atoms with Crippen molar-refractivity contribution in [3.8, 4) is 17.3 Å². The maximum Gasteiger partial charge on any atom is 0.320 e. The molecule has 2 bridgehead atoms. The lowest BCUT2D eigenvalue weighted by Crippen LogP contribution is -2.51. The Kier molecular flexibility index (Phi) is 5.68. The van der Waals surface area contributed by atoms with Crippen LogP contribution in [-0.2, 0) is 0 Å². The molecule has 8 rings (SSSR count). The van der Waals surface area contributed by atoms with E-state index in [4.69, 9.17) is 31.3 Å². The Morgan fingerprint density at radius 2 is 1.69 bits per heavy atom. The van der Waals surface area contributed by atoms with Gasteiger partial charge in [-0.05, 0) is 75.2 Å². The number of hydrogen-bond acceptors (Lipinski definition) is 7. The first kappa shape index (κ1) is 23.9. The van der Waals surface area contributed by atoms with Gasteiger partial charge in [-0.2, -0.15) is 9.97 Å².